The molecule has 0 fully saturated rings. The zero-order valence-electron chi connectivity index (χ0n) is 15.7. The smallest absolute Gasteiger partial charge is 0.333 e. The summed E-state index contributed by atoms with van der Waals surface area (Å²) in [4.78, 5) is 31.0. The Balaban J connectivity index is 2.94. The van der Waals surface area contributed by atoms with E-state index in [4.69, 9.17) is 0 Å². The molecule has 1 rings (SSSR count). The molecule has 0 unspecified atom stereocenters. The van der Waals surface area contributed by atoms with Crippen LogP contribution < -0.4 is 11.2 Å². The molecule has 0 aliphatic carbocycles. The van der Waals surface area contributed by atoms with E-state index < -0.39 is 11.2 Å². The first-order chi connectivity index (χ1) is 11.2. The van der Waals surface area contributed by atoms with Gasteiger partial charge < -0.3 is 10.0 Å². The average Bonchev–Trinajstić information content (AvgIpc) is 2.55. The summed E-state index contributed by atoms with van der Waals surface area (Å²) in [7, 11) is 2.83. The molecule has 1 N–H and O–H groups in total. The Morgan fingerprint density at radius 1 is 1.21 bits per heavy atom. The summed E-state index contributed by atoms with van der Waals surface area (Å²) in [6.07, 6.45) is 1.93. The molecular weight excluding hydrogens is 308 g/mol. The van der Waals surface area contributed by atoms with Gasteiger partial charge in [0.25, 0.3) is 5.56 Å². The van der Waals surface area contributed by atoms with E-state index in [2.05, 4.69) is 23.7 Å². The second-order valence-corrected chi connectivity index (χ2v) is 6.14. The zero-order chi connectivity index (χ0) is 18.4. The number of hydrogen-bond acceptors (Lipinski definition) is 5. The molecular formula is C17H30N4O3. The predicted molar refractivity (Wildman–Crippen MR) is 97.3 cm³/mol. The summed E-state index contributed by atoms with van der Waals surface area (Å²) >= 11 is 0. The lowest BCUT2D eigenvalue weighted by Gasteiger charge is -2.18. The fourth-order valence-electron chi connectivity index (χ4n) is 2.76. The lowest BCUT2D eigenvalue weighted by molar-refractivity contribution is 0.294. The Morgan fingerprint density at radius 3 is 2.33 bits per heavy atom. The van der Waals surface area contributed by atoms with Gasteiger partial charge in [-0.05, 0) is 46.3 Å². The Labute approximate surface area is 143 Å². The van der Waals surface area contributed by atoms with Gasteiger partial charge >= 0.3 is 5.69 Å². The van der Waals surface area contributed by atoms with Gasteiger partial charge in [0.2, 0.25) is 5.88 Å². The fraction of sp³-hybridized carbons (Fsp3) is 0.706. The number of aromatic nitrogens is 2. The molecule has 0 bridgehead atoms. The first kappa shape index (κ1) is 20.2. The van der Waals surface area contributed by atoms with Gasteiger partial charge in [-0.2, -0.15) is 0 Å². The SMILES string of the molecule is CCN(CC)CCC[C@@H](C)N=C(C)c1c(O)n(C)c(=O)n(C)c1=O. The van der Waals surface area contributed by atoms with E-state index in [9.17, 15) is 14.7 Å². The van der Waals surface area contributed by atoms with Crippen molar-refractivity contribution >= 4 is 5.71 Å². The minimum atomic E-state index is -0.554. The Bertz CT molecular complexity index is 699. The molecule has 0 aliphatic heterocycles. The van der Waals surface area contributed by atoms with E-state index in [1.54, 1.807) is 6.92 Å². The minimum absolute atomic E-state index is 0.0434. The van der Waals surface area contributed by atoms with Gasteiger partial charge in [0.1, 0.15) is 5.56 Å². The van der Waals surface area contributed by atoms with E-state index in [-0.39, 0.29) is 17.5 Å². The third kappa shape index (κ3) is 4.56. The average molecular weight is 338 g/mol. The third-order valence-electron chi connectivity index (χ3n) is 4.40. The Kier molecular flexibility index (Phi) is 7.41. The molecule has 7 heteroatoms. The van der Waals surface area contributed by atoms with Crippen molar-refractivity contribution in [2.75, 3.05) is 19.6 Å². The fourth-order valence-corrected chi connectivity index (χ4v) is 2.76. The van der Waals surface area contributed by atoms with Crippen molar-refractivity contribution in [3.05, 3.63) is 26.4 Å². The molecule has 0 radical (unpaired) electrons. The summed E-state index contributed by atoms with van der Waals surface area (Å²) in [6.45, 7) is 11.1. The quantitative estimate of drug-likeness (QED) is 0.720. The van der Waals surface area contributed by atoms with Gasteiger partial charge in [-0.3, -0.25) is 18.9 Å². The molecule has 136 valence electrons. The summed E-state index contributed by atoms with van der Waals surface area (Å²) in [5.74, 6) is -0.334. The van der Waals surface area contributed by atoms with Crippen LogP contribution in [-0.2, 0) is 14.1 Å². The van der Waals surface area contributed by atoms with Crippen LogP contribution in [0, 0.1) is 0 Å². The first-order valence-corrected chi connectivity index (χ1v) is 8.50. The number of hydrogen-bond donors (Lipinski definition) is 1. The second-order valence-electron chi connectivity index (χ2n) is 6.14. The van der Waals surface area contributed by atoms with Crippen molar-refractivity contribution in [1.82, 2.24) is 14.0 Å². The van der Waals surface area contributed by atoms with E-state index in [0.29, 0.717) is 5.71 Å². The van der Waals surface area contributed by atoms with Crippen LogP contribution in [0.5, 0.6) is 5.88 Å². The van der Waals surface area contributed by atoms with Crippen molar-refractivity contribution in [2.45, 2.75) is 46.6 Å². The summed E-state index contributed by atoms with van der Waals surface area (Å²) in [5, 5.41) is 10.1. The third-order valence-corrected chi connectivity index (χ3v) is 4.40. The predicted octanol–water partition coefficient (Wildman–Crippen LogP) is 1.11. The monoisotopic (exact) mass is 338 g/mol. The molecule has 0 saturated carbocycles. The van der Waals surface area contributed by atoms with E-state index in [1.165, 1.54) is 14.1 Å². The largest absolute Gasteiger partial charge is 0.494 e. The van der Waals surface area contributed by atoms with Crippen LogP contribution >= 0.6 is 0 Å². The molecule has 24 heavy (non-hydrogen) atoms. The summed E-state index contributed by atoms with van der Waals surface area (Å²) < 4.78 is 2.04. The highest BCUT2D eigenvalue weighted by atomic mass is 16.3. The first-order valence-electron chi connectivity index (χ1n) is 8.50. The van der Waals surface area contributed by atoms with Crippen LogP contribution in [0.1, 0.15) is 46.1 Å². The van der Waals surface area contributed by atoms with Gasteiger partial charge in [0, 0.05) is 20.1 Å². The van der Waals surface area contributed by atoms with E-state index in [0.717, 1.165) is 41.6 Å². The lowest BCUT2D eigenvalue weighted by atomic mass is 10.1. The number of aliphatic imine (C=N–C) groups is 1. The highest BCUT2D eigenvalue weighted by Crippen LogP contribution is 2.12. The van der Waals surface area contributed by atoms with Crippen molar-refractivity contribution in [1.29, 1.82) is 0 Å². The second kappa shape index (κ2) is 8.82. The molecule has 0 aromatic carbocycles. The summed E-state index contributed by atoms with van der Waals surface area (Å²) in [5.41, 5.74) is -0.525. The minimum Gasteiger partial charge on any atom is -0.494 e. The number of rotatable bonds is 8. The van der Waals surface area contributed by atoms with E-state index >= 15 is 0 Å². The molecule has 1 aromatic heterocycles. The number of nitrogens with zero attached hydrogens (tertiary/aromatic N) is 4. The van der Waals surface area contributed by atoms with Gasteiger partial charge in [0.05, 0.1) is 5.71 Å². The molecule has 0 aliphatic rings. The number of aromatic hydroxyl groups is 1. The highest BCUT2D eigenvalue weighted by Gasteiger charge is 2.17. The maximum Gasteiger partial charge on any atom is 0.333 e. The van der Waals surface area contributed by atoms with Crippen LogP contribution in [0.25, 0.3) is 0 Å². The maximum atomic E-state index is 12.3. The van der Waals surface area contributed by atoms with Gasteiger partial charge in [-0.1, -0.05) is 13.8 Å². The lowest BCUT2D eigenvalue weighted by Crippen LogP contribution is -2.39. The molecule has 0 saturated heterocycles. The van der Waals surface area contributed by atoms with Crippen molar-refractivity contribution in [2.24, 2.45) is 19.1 Å². The Hall–Kier alpha value is -1.89. The normalized spacial score (nSPS) is 13.5. The van der Waals surface area contributed by atoms with Crippen LogP contribution in [0.2, 0.25) is 0 Å². The van der Waals surface area contributed by atoms with Crippen LogP contribution in [0.4, 0.5) is 0 Å². The van der Waals surface area contributed by atoms with Gasteiger partial charge in [-0.15, -0.1) is 0 Å². The topological polar surface area (TPSA) is 79.8 Å². The van der Waals surface area contributed by atoms with Gasteiger partial charge in [-0.25, -0.2) is 4.79 Å². The van der Waals surface area contributed by atoms with Crippen molar-refractivity contribution in [3.8, 4) is 5.88 Å². The highest BCUT2D eigenvalue weighted by molar-refractivity contribution is 6.00. The molecule has 0 spiro atoms. The molecule has 1 aromatic rings. The van der Waals surface area contributed by atoms with Gasteiger partial charge in [0.15, 0.2) is 0 Å². The summed E-state index contributed by atoms with van der Waals surface area (Å²) in [6, 6.07) is 0.0434. The molecule has 1 atom stereocenters. The van der Waals surface area contributed by atoms with Crippen LogP contribution in [0.3, 0.4) is 0 Å². The van der Waals surface area contributed by atoms with Crippen molar-refractivity contribution in [3.63, 3.8) is 0 Å². The molecule has 7 nitrogen and oxygen atoms in total. The molecule has 1 heterocycles. The van der Waals surface area contributed by atoms with E-state index in [1.807, 2.05) is 6.92 Å². The standard InChI is InChI=1S/C17H30N4O3/c1-7-21(8-2)11-9-10-12(3)18-13(4)14-15(22)19(5)17(24)20(6)16(14)23/h12,22H,7-11H2,1-6H3/t12-/m1/s1. The molecule has 0 amide bonds. The maximum absolute atomic E-state index is 12.3. The van der Waals surface area contributed by atoms with Crippen LogP contribution in [-0.4, -0.2) is 50.5 Å². The zero-order valence-corrected chi connectivity index (χ0v) is 15.7. The Morgan fingerprint density at radius 2 is 1.79 bits per heavy atom. The van der Waals surface area contributed by atoms with Crippen molar-refractivity contribution < 1.29 is 5.11 Å². The van der Waals surface area contributed by atoms with Crippen LogP contribution in [0.15, 0.2) is 14.6 Å².